The van der Waals surface area contributed by atoms with E-state index in [0.29, 0.717) is 6.04 Å². The molecule has 2 unspecified atom stereocenters. The maximum absolute atomic E-state index is 6.13. The molecule has 0 aromatic heterocycles. The summed E-state index contributed by atoms with van der Waals surface area (Å²) in [5.41, 5.74) is 6.37. The van der Waals surface area contributed by atoms with Crippen LogP contribution in [0.3, 0.4) is 0 Å². The van der Waals surface area contributed by atoms with Crippen LogP contribution >= 0.6 is 0 Å². The first kappa shape index (κ1) is 12.0. The molecule has 0 aromatic rings. The van der Waals surface area contributed by atoms with Crippen molar-refractivity contribution in [3.05, 3.63) is 0 Å². The van der Waals surface area contributed by atoms with E-state index in [0.717, 1.165) is 25.6 Å². The van der Waals surface area contributed by atoms with Crippen molar-refractivity contribution in [2.75, 3.05) is 13.2 Å². The smallest absolute Gasteiger partial charge is 0.0494 e. The Bertz CT molecular complexity index is 156. The minimum absolute atomic E-state index is 0.246. The molecule has 0 radical (unpaired) electrons. The molecule has 0 bridgehead atoms. The van der Waals surface area contributed by atoms with E-state index in [4.69, 9.17) is 10.5 Å². The van der Waals surface area contributed by atoms with Crippen LogP contribution in [0.5, 0.6) is 0 Å². The van der Waals surface area contributed by atoms with Crippen LogP contribution in [-0.4, -0.2) is 19.3 Å². The van der Waals surface area contributed by atoms with E-state index in [9.17, 15) is 0 Å². The molecular weight excluding hydrogens is 174 g/mol. The van der Waals surface area contributed by atoms with Crippen LogP contribution in [0, 0.1) is 11.3 Å². The molecule has 2 nitrogen and oxygen atoms in total. The number of rotatable bonds is 3. The predicted octanol–water partition coefficient (Wildman–Crippen LogP) is 2.57. The number of nitrogens with two attached hydrogens (primary N) is 1. The van der Waals surface area contributed by atoms with Crippen molar-refractivity contribution in [1.29, 1.82) is 0 Å². The lowest BCUT2D eigenvalue weighted by molar-refractivity contribution is 0.0488. The molecule has 1 fully saturated rings. The highest BCUT2D eigenvalue weighted by molar-refractivity contribution is 4.78. The molecule has 0 spiro atoms. The lowest BCUT2D eigenvalue weighted by atomic mass is 9.82. The highest BCUT2D eigenvalue weighted by Crippen LogP contribution is 2.25. The minimum atomic E-state index is 0.246. The fourth-order valence-corrected chi connectivity index (χ4v) is 1.88. The molecule has 2 N–H and O–H groups in total. The predicted molar refractivity (Wildman–Crippen MR) is 60.2 cm³/mol. The molecule has 0 saturated carbocycles. The molecular formula is C12H25NO. The molecule has 14 heavy (non-hydrogen) atoms. The van der Waals surface area contributed by atoms with E-state index >= 15 is 0 Å². The summed E-state index contributed by atoms with van der Waals surface area (Å²) in [6.45, 7) is 8.57. The van der Waals surface area contributed by atoms with Crippen molar-refractivity contribution >= 4 is 0 Å². The maximum atomic E-state index is 6.13. The zero-order valence-electron chi connectivity index (χ0n) is 9.88. The minimum Gasteiger partial charge on any atom is -0.381 e. The summed E-state index contributed by atoms with van der Waals surface area (Å²) in [5.74, 6) is 0.761. The Kier molecular flexibility index (Phi) is 4.39. The Balaban J connectivity index is 2.19. The summed E-state index contributed by atoms with van der Waals surface area (Å²) >= 11 is 0. The molecule has 0 aliphatic carbocycles. The molecule has 84 valence electrons. The normalized spacial score (nSPS) is 26.1. The second-order valence-corrected chi connectivity index (χ2v) is 5.63. The largest absolute Gasteiger partial charge is 0.381 e. The van der Waals surface area contributed by atoms with Crippen LogP contribution in [0.25, 0.3) is 0 Å². The SMILES string of the molecule is CC(C)(C)C(N)CCC1CCCOC1. The third-order valence-corrected chi connectivity index (χ3v) is 3.25. The van der Waals surface area contributed by atoms with Gasteiger partial charge in [0.2, 0.25) is 0 Å². The number of ether oxygens (including phenoxy) is 1. The van der Waals surface area contributed by atoms with Gasteiger partial charge in [-0.05, 0) is 37.0 Å². The average molecular weight is 199 g/mol. The molecule has 0 aromatic carbocycles. The van der Waals surface area contributed by atoms with Crippen LogP contribution in [0.2, 0.25) is 0 Å². The average Bonchev–Trinajstić information content (AvgIpc) is 2.14. The van der Waals surface area contributed by atoms with Crippen LogP contribution in [0.4, 0.5) is 0 Å². The second kappa shape index (κ2) is 5.13. The highest BCUT2D eigenvalue weighted by atomic mass is 16.5. The first-order chi connectivity index (χ1) is 6.50. The lowest BCUT2D eigenvalue weighted by Gasteiger charge is -2.29. The van der Waals surface area contributed by atoms with E-state index in [1.165, 1.54) is 19.3 Å². The van der Waals surface area contributed by atoms with Gasteiger partial charge in [-0.25, -0.2) is 0 Å². The van der Waals surface area contributed by atoms with Gasteiger partial charge in [-0.15, -0.1) is 0 Å². The first-order valence-electron chi connectivity index (χ1n) is 5.83. The standard InChI is InChI=1S/C12H25NO/c1-12(2,3)11(13)7-6-10-5-4-8-14-9-10/h10-11H,4-9,13H2,1-3H3. The lowest BCUT2D eigenvalue weighted by Crippen LogP contribution is -2.35. The number of hydrogen-bond acceptors (Lipinski definition) is 2. The second-order valence-electron chi connectivity index (χ2n) is 5.63. The fraction of sp³-hybridized carbons (Fsp3) is 1.00. The van der Waals surface area contributed by atoms with Gasteiger partial charge in [-0.1, -0.05) is 20.8 Å². The Labute approximate surface area is 88.2 Å². The quantitative estimate of drug-likeness (QED) is 0.758. The molecule has 1 rings (SSSR count). The van der Waals surface area contributed by atoms with Crippen molar-refractivity contribution in [2.45, 2.75) is 52.5 Å². The zero-order valence-corrected chi connectivity index (χ0v) is 9.88. The van der Waals surface area contributed by atoms with Crippen LogP contribution in [0.1, 0.15) is 46.5 Å². The summed E-state index contributed by atoms with van der Waals surface area (Å²) in [4.78, 5) is 0. The van der Waals surface area contributed by atoms with Gasteiger partial charge in [-0.2, -0.15) is 0 Å². The van der Waals surface area contributed by atoms with Gasteiger partial charge in [0, 0.05) is 19.3 Å². The first-order valence-corrected chi connectivity index (χ1v) is 5.83. The van der Waals surface area contributed by atoms with E-state index in [1.54, 1.807) is 0 Å². The molecule has 0 amide bonds. The Hall–Kier alpha value is -0.0800. The van der Waals surface area contributed by atoms with Gasteiger partial charge in [0.1, 0.15) is 0 Å². The van der Waals surface area contributed by atoms with E-state index in [1.807, 2.05) is 0 Å². The molecule has 1 aliphatic rings. The third-order valence-electron chi connectivity index (χ3n) is 3.25. The van der Waals surface area contributed by atoms with E-state index in [2.05, 4.69) is 20.8 Å². The molecule has 1 heterocycles. The summed E-state index contributed by atoms with van der Waals surface area (Å²) in [6.07, 6.45) is 4.93. The zero-order chi connectivity index (χ0) is 10.6. The Morgan fingerprint density at radius 2 is 2.14 bits per heavy atom. The summed E-state index contributed by atoms with van der Waals surface area (Å²) < 4.78 is 5.46. The Morgan fingerprint density at radius 1 is 1.43 bits per heavy atom. The maximum Gasteiger partial charge on any atom is 0.0494 e. The molecule has 2 atom stereocenters. The van der Waals surface area contributed by atoms with Gasteiger partial charge in [0.25, 0.3) is 0 Å². The van der Waals surface area contributed by atoms with Crippen LogP contribution in [0.15, 0.2) is 0 Å². The van der Waals surface area contributed by atoms with E-state index < -0.39 is 0 Å². The molecule has 1 saturated heterocycles. The van der Waals surface area contributed by atoms with Gasteiger partial charge in [0.15, 0.2) is 0 Å². The summed E-state index contributed by atoms with van der Waals surface area (Å²) in [7, 11) is 0. The monoisotopic (exact) mass is 199 g/mol. The topological polar surface area (TPSA) is 35.2 Å². The Morgan fingerprint density at radius 3 is 2.64 bits per heavy atom. The van der Waals surface area contributed by atoms with Gasteiger partial charge in [-0.3, -0.25) is 0 Å². The van der Waals surface area contributed by atoms with Crippen molar-refractivity contribution in [1.82, 2.24) is 0 Å². The highest BCUT2D eigenvalue weighted by Gasteiger charge is 2.22. The third kappa shape index (κ3) is 3.97. The van der Waals surface area contributed by atoms with Crippen LogP contribution in [-0.2, 0) is 4.74 Å². The summed E-state index contributed by atoms with van der Waals surface area (Å²) in [5, 5.41) is 0. The number of hydrogen-bond donors (Lipinski definition) is 1. The van der Waals surface area contributed by atoms with Crippen molar-refractivity contribution < 1.29 is 4.74 Å². The van der Waals surface area contributed by atoms with Crippen molar-refractivity contribution in [3.63, 3.8) is 0 Å². The van der Waals surface area contributed by atoms with Gasteiger partial charge < -0.3 is 10.5 Å². The fourth-order valence-electron chi connectivity index (χ4n) is 1.88. The van der Waals surface area contributed by atoms with Gasteiger partial charge >= 0.3 is 0 Å². The van der Waals surface area contributed by atoms with Crippen molar-refractivity contribution in [2.24, 2.45) is 17.1 Å². The molecule has 1 aliphatic heterocycles. The van der Waals surface area contributed by atoms with E-state index in [-0.39, 0.29) is 5.41 Å². The summed E-state index contributed by atoms with van der Waals surface area (Å²) in [6, 6.07) is 0.324. The molecule has 2 heteroatoms. The van der Waals surface area contributed by atoms with Gasteiger partial charge in [0.05, 0.1) is 0 Å². The van der Waals surface area contributed by atoms with Crippen LogP contribution < -0.4 is 5.73 Å². The van der Waals surface area contributed by atoms with Crippen molar-refractivity contribution in [3.8, 4) is 0 Å².